The third-order valence-electron chi connectivity index (χ3n) is 4.24. The molecule has 0 spiro atoms. The van der Waals surface area contributed by atoms with E-state index < -0.39 is 5.92 Å². The van der Waals surface area contributed by atoms with E-state index in [1.165, 1.54) is 0 Å². The van der Waals surface area contributed by atoms with Crippen LogP contribution in [0.3, 0.4) is 0 Å². The van der Waals surface area contributed by atoms with Crippen LogP contribution in [-0.2, 0) is 9.59 Å². The second-order valence-corrected chi connectivity index (χ2v) is 7.51. The second kappa shape index (κ2) is 10.9. The summed E-state index contributed by atoms with van der Waals surface area (Å²) in [6.07, 6.45) is 2.89. The molecular formula is C21H27Cl2NO2S. The average Bonchev–Trinajstić information content (AvgIpc) is 2.64. The SMILES string of the molecule is CC.CCCC(=O)C1=C(C)NC(C)=C(C(=O)SC)C1c1cccc(Cl)c1Cl. The lowest BCUT2D eigenvalue weighted by atomic mass is 9.78. The average molecular weight is 428 g/mol. The van der Waals surface area contributed by atoms with Gasteiger partial charge in [-0.1, -0.05) is 67.9 Å². The number of carbonyl (C=O) groups excluding carboxylic acids is 2. The molecule has 3 nitrogen and oxygen atoms in total. The van der Waals surface area contributed by atoms with Gasteiger partial charge in [-0.05, 0) is 38.2 Å². The maximum atomic E-state index is 12.8. The molecule has 0 saturated carbocycles. The van der Waals surface area contributed by atoms with Crippen LogP contribution in [0.15, 0.2) is 40.7 Å². The van der Waals surface area contributed by atoms with Crippen LogP contribution in [0.25, 0.3) is 0 Å². The van der Waals surface area contributed by atoms with Crippen molar-refractivity contribution in [3.8, 4) is 0 Å². The smallest absolute Gasteiger partial charge is 0.217 e. The maximum Gasteiger partial charge on any atom is 0.217 e. The fraction of sp³-hybridized carbons (Fsp3) is 0.429. The quantitative estimate of drug-likeness (QED) is 0.581. The predicted octanol–water partition coefficient (Wildman–Crippen LogP) is 6.51. The number of rotatable bonds is 5. The predicted molar refractivity (Wildman–Crippen MR) is 118 cm³/mol. The Morgan fingerprint density at radius 1 is 1.11 bits per heavy atom. The van der Waals surface area contributed by atoms with Crippen molar-refractivity contribution < 1.29 is 9.59 Å². The van der Waals surface area contributed by atoms with Gasteiger partial charge < -0.3 is 5.32 Å². The molecule has 0 amide bonds. The van der Waals surface area contributed by atoms with Gasteiger partial charge in [0.15, 0.2) is 5.78 Å². The molecule has 0 bridgehead atoms. The van der Waals surface area contributed by atoms with Crippen molar-refractivity contribution in [3.05, 3.63) is 56.3 Å². The lowest BCUT2D eigenvalue weighted by Gasteiger charge is -2.31. The molecule has 148 valence electrons. The minimum absolute atomic E-state index is 0.0208. The molecule has 0 aliphatic carbocycles. The number of benzene rings is 1. The Morgan fingerprint density at radius 3 is 2.26 bits per heavy atom. The Balaban J connectivity index is 0.00000176. The van der Waals surface area contributed by atoms with E-state index in [-0.39, 0.29) is 10.9 Å². The minimum Gasteiger partial charge on any atom is -0.362 e. The van der Waals surface area contributed by atoms with E-state index in [1.807, 2.05) is 40.7 Å². The number of carbonyl (C=O) groups is 2. The van der Waals surface area contributed by atoms with Crippen molar-refractivity contribution in [1.82, 2.24) is 5.32 Å². The van der Waals surface area contributed by atoms with Crippen LogP contribution in [0.1, 0.15) is 58.9 Å². The van der Waals surface area contributed by atoms with Crippen molar-refractivity contribution in [3.63, 3.8) is 0 Å². The van der Waals surface area contributed by atoms with Crippen molar-refractivity contribution in [2.75, 3.05) is 6.26 Å². The van der Waals surface area contributed by atoms with Gasteiger partial charge in [0, 0.05) is 34.9 Å². The zero-order valence-corrected chi connectivity index (χ0v) is 19.0. The van der Waals surface area contributed by atoms with Gasteiger partial charge in [0.05, 0.1) is 10.0 Å². The summed E-state index contributed by atoms with van der Waals surface area (Å²) in [5.41, 5.74) is 3.34. The van der Waals surface area contributed by atoms with Crippen LogP contribution in [0.2, 0.25) is 10.0 Å². The molecule has 0 saturated heterocycles. The highest BCUT2D eigenvalue weighted by atomic mass is 35.5. The Labute approximate surface area is 176 Å². The normalized spacial score (nSPS) is 16.5. The summed E-state index contributed by atoms with van der Waals surface area (Å²) in [5, 5.41) is 3.90. The summed E-state index contributed by atoms with van der Waals surface area (Å²) in [7, 11) is 0. The van der Waals surface area contributed by atoms with E-state index >= 15 is 0 Å². The number of thioether (sulfide) groups is 1. The van der Waals surface area contributed by atoms with Crippen molar-refractivity contribution in [2.45, 2.75) is 53.4 Å². The van der Waals surface area contributed by atoms with Gasteiger partial charge in [0.1, 0.15) is 0 Å². The maximum absolute atomic E-state index is 12.8. The lowest BCUT2D eigenvalue weighted by Crippen LogP contribution is -2.30. The second-order valence-electron chi connectivity index (χ2n) is 5.94. The summed E-state index contributed by atoms with van der Waals surface area (Å²) in [5.74, 6) is -0.487. The lowest BCUT2D eigenvalue weighted by molar-refractivity contribution is -0.115. The molecule has 1 aromatic rings. The fourth-order valence-corrected chi connectivity index (χ4v) is 4.07. The first-order chi connectivity index (χ1) is 12.8. The summed E-state index contributed by atoms with van der Waals surface area (Å²) in [6, 6.07) is 5.32. The van der Waals surface area contributed by atoms with E-state index in [0.29, 0.717) is 33.2 Å². The van der Waals surface area contributed by atoms with Gasteiger partial charge in [-0.2, -0.15) is 0 Å². The van der Waals surface area contributed by atoms with Gasteiger partial charge in [0.25, 0.3) is 0 Å². The molecule has 1 unspecified atom stereocenters. The molecule has 1 aliphatic rings. The number of halogens is 2. The number of dihydropyridines is 1. The molecule has 6 heteroatoms. The number of hydrogen-bond acceptors (Lipinski definition) is 4. The zero-order chi connectivity index (χ0) is 20.7. The number of ketones is 1. The van der Waals surface area contributed by atoms with Crippen molar-refractivity contribution in [1.29, 1.82) is 0 Å². The molecule has 0 aromatic heterocycles. The number of Topliss-reactive ketones (excluding diaryl/α,β-unsaturated/α-hetero) is 1. The molecule has 1 atom stereocenters. The molecule has 27 heavy (non-hydrogen) atoms. The van der Waals surface area contributed by atoms with Crippen LogP contribution in [0.5, 0.6) is 0 Å². The highest BCUT2D eigenvalue weighted by molar-refractivity contribution is 8.13. The van der Waals surface area contributed by atoms with E-state index in [9.17, 15) is 9.59 Å². The van der Waals surface area contributed by atoms with Gasteiger partial charge in [0.2, 0.25) is 5.12 Å². The first-order valence-electron chi connectivity index (χ1n) is 9.07. The molecule has 1 aliphatic heterocycles. The van der Waals surface area contributed by atoms with Crippen LogP contribution in [-0.4, -0.2) is 17.2 Å². The molecule has 0 fully saturated rings. The summed E-state index contributed by atoms with van der Waals surface area (Å²) in [4.78, 5) is 25.5. The number of nitrogens with one attached hydrogen (secondary N) is 1. The molecule has 1 heterocycles. The first-order valence-corrected chi connectivity index (χ1v) is 11.0. The Morgan fingerprint density at radius 2 is 1.70 bits per heavy atom. The largest absolute Gasteiger partial charge is 0.362 e. The fourth-order valence-electron chi connectivity index (χ4n) is 3.16. The van der Waals surface area contributed by atoms with Crippen LogP contribution in [0.4, 0.5) is 0 Å². The molecule has 1 aromatic carbocycles. The van der Waals surface area contributed by atoms with E-state index in [1.54, 1.807) is 18.4 Å². The topological polar surface area (TPSA) is 46.2 Å². The van der Waals surface area contributed by atoms with Crippen LogP contribution >= 0.6 is 35.0 Å². The summed E-state index contributed by atoms with van der Waals surface area (Å²) < 4.78 is 0. The van der Waals surface area contributed by atoms with E-state index in [2.05, 4.69) is 5.32 Å². The summed E-state index contributed by atoms with van der Waals surface area (Å²) in [6.45, 7) is 9.66. The number of allylic oxidation sites excluding steroid dienone is 3. The minimum atomic E-state index is -0.508. The monoisotopic (exact) mass is 427 g/mol. The van der Waals surface area contributed by atoms with Crippen LogP contribution < -0.4 is 5.32 Å². The Bertz CT molecular complexity index is 784. The zero-order valence-electron chi connectivity index (χ0n) is 16.7. The van der Waals surface area contributed by atoms with Gasteiger partial charge >= 0.3 is 0 Å². The molecule has 1 N–H and O–H groups in total. The Hall–Kier alpha value is -1.23. The van der Waals surface area contributed by atoms with Crippen molar-refractivity contribution >= 4 is 45.9 Å². The number of hydrogen-bond donors (Lipinski definition) is 1. The van der Waals surface area contributed by atoms with E-state index in [0.717, 1.165) is 29.6 Å². The van der Waals surface area contributed by atoms with Gasteiger partial charge in [-0.25, -0.2) is 0 Å². The van der Waals surface area contributed by atoms with Gasteiger partial charge in [-0.15, -0.1) is 0 Å². The highest BCUT2D eigenvalue weighted by Crippen LogP contribution is 2.44. The first kappa shape index (κ1) is 23.8. The highest BCUT2D eigenvalue weighted by Gasteiger charge is 2.36. The van der Waals surface area contributed by atoms with Crippen LogP contribution in [0, 0.1) is 0 Å². The summed E-state index contributed by atoms with van der Waals surface area (Å²) >= 11 is 13.8. The molecule has 0 radical (unpaired) electrons. The third-order valence-corrected chi connectivity index (χ3v) is 5.66. The van der Waals surface area contributed by atoms with E-state index in [4.69, 9.17) is 23.2 Å². The standard InChI is InChI=1S/C19H21Cl2NO2S.C2H6/c1-5-7-14(23)15-10(2)22-11(3)16(19(24)25-4)17(15)12-8-6-9-13(20)18(12)21;1-2/h6,8-9,17,22H,5,7H2,1-4H3;1-2H3. The molecular weight excluding hydrogens is 401 g/mol. The Kier molecular flexibility index (Phi) is 9.65. The van der Waals surface area contributed by atoms with Crippen molar-refractivity contribution in [2.24, 2.45) is 0 Å². The third kappa shape index (κ3) is 5.18. The molecule has 2 rings (SSSR count). The van der Waals surface area contributed by atoms with Gasteiger partial charge in [-0.3, -0.25) is 9.59 Å².